The zero-order valence-electron chi connectivity index (χ0n) is 12.6. The summed E-state index contributed by atoms with van der Waals surface area (Å²) in [6.45, 7) is 0.879. The molecule has 1 fully saturated rings. The number of carbonyl (C=O) groups is 1. The third-order valence-corrected chi connectivity index (χ3v) is 4.92. The van der Waals surface area contributed by atoms with Crippen LogP contribution in [0.4, 0.5) is 5.69 Å². The molecule has 1 aromatic rings. The maximum atomic E-state index is 11.7. The predicted molar refractivity (Wildman–Crippen MR) is 93.6 cm³/mol. The van der Waals surface area contributed by atoms with E-state index in [2.05, 4.69) is 22.8 Å². The third-order valence-electron chi connectivity index (χ3n) is 3.57. The zero-order chi connectivity index (χ0) is 14.2. The standard InChI is InChI=1S/C16H24N2OS.ClH/c1-17-12-4-7-16(19)18-13-8-10-15(11-9-13)20-14-5-2-3-6-14;/h8-11,14,17H,2-7,12H2,1H3,(H,18,19);1H. The van der Waals surface area contributed by atoms with Gasteiger partial charge in [-0.2, -0.15) is 0 Å². The summed E-state index contributed by atoms with van der Waals surface area (Å²) in [5.74, 6) is 0.0939. The van der Waals surface area contributed by atoms with E-state index >= 15 is 0 Å². The van der Waals surface area contributed by atoms with Gasteiger partial charge in [0.1, 0.15) is 0 Å². The minimum Gasteiger partial charge on any atom is -0.326 e. The van der Waals surface area contributed by atoms with E-state index in [4.69, 9.17) is 0 Å². The van der Waals surface area contributed by atoms with Gasteiger partial charge in [0.2, 0.25) is 5.91 Å². The second-order valence-corrected chi connectivity index (χ2v) is 6.68. The van der Waals surface area contributed by atoms with E-state index in [9.17, 15) is 4.79 Å². The number of nitrogens with one attached hydrogen (secondary N) is 2. The van der Waals surface area contributed by atoms with Crippen LogP contribution in [0.15, 0.2) is 29.2 Å². The Morgan fingerprint density at radius 1 is 1.24 bits per heavy atom. The lowest BCUT2D eigenvalue weighted by Crippen LogP contribution is -2.15. The van der Waals surface area contributed by atoms with Gasteiger partial charge in [-0.15, -0.1) is 24.2 Å². The second kappa shape index (κ2) is 10.1. The van der Waals surface area contributed by atoms with Gasteiger partial charge in [-0.05, 0) is 57.1 Å². The van der Waals surface area contributed by atoms with E-state index < -0.39 is 0 Å². The predicted octanol–water partition coefficient (Wildman–Crippen LogP) is 4.08. The summed E-state index contributed by atoms with van der Waals surface area (Å²) >= 11 is 1.97. The molecule has 0 aliphatic heterocycles. The smallest absolute Gasteiger partial charge is 0.224 e. The van der Waals surface area contributed by atoms with Crippen molar-refractivity contribution in [2.24, 2.45) is 0 Å². The largest absolute Gasteiger partial charge is 0.326 e. The number of halogens is 1. The first-order valence-corrected chi connectivity index (χ1v) is 8.37. The van der Waals surface area contributed by atoms with Crippen molar-refractivity contribution in [3.63, 3.8) is 0 Å². The third kappa shape index (κ3) is 6.72. The SMILES string of the molecule is CNCCCC(=O)Nc1ccc(SC2CCCC2)cc1.Cl. The number of amides is 1. The summed E-state index contributed by atoms with van der Waals surface area (Å²) in [5.41, 5.74) is 0.898. The fraction of sp³-hybridized carbons (Fsp3) is 0.562. The van der Waals surface area contributed by atoms with E-state index in [1.165, 1.54) is 30.6 Å². The molecule has 0 aromatic heterocycles. The summed E-state index contributed by atoms with van der Waals surface area (Å²) < 4.78 is 0. The number of anilines is 1. The van der Waals surface area contributed by atoms with E-state index in [-0.39, 0.29) is 18.3 Å². The summed E-state index contributed by atoms with van der Waals surface area (Å²) in [7, 11) is 1.90. The van der Waals surface area contributed by atoms with Crippen LogP contribution in [0, 0.1) is 0 Å². The quantitative estimate of drug-likeness (QED) is 0.741. The molecular weight excluding hydrogens is 304 g/mol. The van der Waals surface area contributed by atoms with Crippen LogP contribution in [0.2, 0.25) is 0 Å². The van der Waals surface area contributed by atoms with Gasteiger partial charge in [-0.1, -0.05) is 12.8 Å². The lowest BCUT2D eigenvalue weighted by atomic mass is 10.2. The Morgan fingerprint density at radius 2 is 1.90 bits per heavy atom. The molecular formula is C16H25ClN2OS. The molecule has 1 aliphatic carbocycles. The summed E-state index contributed by atoms with van der Waals surface area (Å²) in [6.07, 6.45) is 6.87. The molecule has 0 atom stereocenters. The van der Waals surface area contributed by atoms with Crippen LogP contribution in [-0.4, -0.2) is 24.7 Å². The summed E-state index contributed by atoms with van der Waals surface area (Å²) in [6, 6.07) is 8.25. The number of carbonyl (C=O) groups excluding carboxylic acids is 1. The second-order valence-electron chi connectivity index (χ2n) is 5.30. The minimum absolute atomic E-state index is 0. The van der Waals surface area contributed by atoms with Crippen LogP contribution in [0.5, 0.6) is 0 Å². The van der Waals surface area contributed by atoms with Crippen molar-refractivity contribution in [2.75, 3.05) is 18.9 Å². The molecule has 3 nitrogen and oxygen atoms in total. The van der Waals surface area contributed by atoms with E-state index in [1.54, 1.807) is 0 Å². The highest BCUT2D eigenvalue weighted by Gasteiger charge is 2.15. The van der Waals surface area contributed by atoms with Crippen LogP contribution in [0.1, 0.15) is 38.5 Å². The van der Waals surface area contributed by atoms with Crippen LogP contribution >= 0.6 is 24.2 Å². The lowest BCUT2D eigenvalue weighted by Gasteiger charge is -2.10. The maximum Gasteiger partial charge on any atom is 0.224 e. The van der Waals surface area contributed by atoms with Crippen LogP contribution < -0.4 is 10.6 Å². The van der Waals surface area contributed by atoms with Crippen molar-refractivity contribution >= 4 is 35.8 Å². The van der Waals surface area contributed by atoms with Crippen LogP contribution in [0.3, 0.4) is 0 Å². The fourth-order valence-electron chi connectivity index (χ4n) is 2.46. The van der Waals surface area contributed by atoms with Gasteiger partial charge in [-0.25, -0.2) is 0 Å². The molecule has 118 valence electrons. The molecule has 1 saturated carbocycles. The van der Waals surface area contributed by atoms with Crippen LogP contribution in [0.25, 0.3) is 0 Å². The number of hydrogen-bond donors (Lipinski definition) is 2. The molecule has 0 bridgehead atoms. The Kier molecular flexibility index (Phi) is 8.81. The highest BCUT2D eigenvalue weighted by atomic mass is 35.5. The molecule has 2 N–H and O–H groups in total. The van der Waals surface area contributed by atoms with Gasteiger partial charge >= 0.3 is 0 Å². The first kappa shape index (κ1) is 18.3. The number of thioether (sulfide) groups is 1. The molecule has 2 rings (SSSR count). The van der Waals surface area contributed by atoms with Gasteiger partial charge in [0.25, 0.3) is 0 Å². The van der Waals surface area contributed by atoms with Crippen molar-refractivity contribution < 1.29 is 4.79 Å². The first-order chi connectivity index (χ1) is 9.78. The summed E-state index contributed by atoms with van der Waals surface area (Å²) in [4.78, 5) is 13.0. The molecule has 1 aromatic carbocycles. The Morgan fingerprint density at radius 3 is 2.52 bits per heavy atom. The molecule has 21 heavy (non-hydrogen) atoms. The monoisotopic (exact) mass is 328 g/mol. The van der Waals surface area contributed by atoms with Gasteiger partial charge in [-0.3, -0.25) is 4.79 Å². The molecule has 0 saturated heterocycles. The van der Waals surface area contributed by atoms with Gasteiger partial charge in [0, 0.05) is 22.3 Å². The van der Waals surface area contributed by atoms with E-state index in [0.29, 0.717) is 6.42 Å². The van der Waals surface area contributed by atoms with Crippen molar-refractivity contribution in [2.45, 2.75) is 48.7 Å². The van der Waals surface area contributed by atoms with Crippen molar-refractivity contribution in [3.05, 3.63) is 24.3 Å². The number of benzene rings is 1. The van der Waals surface area contributed by atoms with E-state index in [1.807, 2.05) is 30.9 Å². The van der Waals surface area contributed by atoms with Crippen molar-refractivity contribution in [1.82, 2.24) is 5.32 Å². The average Bonchev–Trinajstić information content (AvgIpc) is 2.94. The topological polar surface area (TPSA) is 41.1 Å². The van der Waals surface area contributed by atoms with E-state index in [0.717, 1.165) is 23.9 Å². The molecule has 5 heteroatoms. The number of hydrogen-bond acceptors (Lipinski definition) is 3. The first-order valence-electron chi connectivity index (χ1n) is 7.49. The molecule has 1 amide bonds. The van der Waals surface area contributed by atoms with Gasteiger partial charge in [0.05, 0.1) is 0 Å². The van der Waals surface area contributed by atoms with Crippen molar-refractivity contribution in [3.8, 4) is 0 Å². The molecule has 0 unspecified atom stereocenters. The fourth-order valence-corrected chi connectivity index (χ4v) is 3.71. The highest BCUT2D eigenvalue weighted by molar-refractivity contribution is 8.00. The minimum atomic E-state index is 0. The van der Waals surface area contributed by atoms with Gasteiger partial charge < -0.3 is 10.6 Å². The van der Waals surface area contributed by atoms with Gasteiger partial charge in [0.15, 0.2) is 0 Å². The Labute approximate surface area is 138 Å². The van der Waals surface area contributed by atoms with Crippen molar-refractivity contribution in [1.29, 1.82) is 0 Å². The lowest BCUT2D eigenvalue weighted by molar-refractivity contribution is -0.116. The average molecular weight is 329 g/mol. The molecule has 1 aliphatic rings. The Hall–Kier alpha value is -0.710. The maximum absolute atomic E-state index is 11.7. The Balaban J connectivity index is 0.00000220. The Bertz CT molecular complexity index is 419. The molecule has 0 radical (unpaired) electrons. The molecule has 0 heterocycles. The zero-order valence-corrected chi connectivity index (χ0v) is 14.2. The normalized spacial score (nSPS) is 14.7. The molecule has 0 spiro atoms. The highest BCUT2D eigenvalue weighted by Crippen LogP contribution is 2.34. The van der Waals surface area contributed by atoms with Crippen LogP contribution in [-0.2, 0) is 4.79 Å². The number of rotatable bonds is 7. The summed E-state index contributed by atoms with van der Waals surface area (Å²) in [5, 5.41) is 6.78.